The normalized spacial score (nSPS) is 15.0. The molecule has 0 rings (SSSR count). The molecule has 0 aromatic rings. The van der Waals surface area contributed by atoms with Crippen molar-refractivity contribution in [3.05, 3.63) is 0 Å². The lowest BCUT2D eigenvalue weighted by Gasteiger charge is -2.20. The van der Waals surface area contributed by atoms with E-state index in [4.69, 9.17) is 18.0 Å². The Bertz CT molecular complexity index is 470. The van der Waals surface area contributed by atoms with Crippen LogP contribution in [0, 0.1) is 0 Å². The summed E-state index contributed by atoms with van der Waals surface area (Å²) in [7, 11) is -3.69. The van der Waals surface area contributed by atoms with Crippen LogP contribution >= 0.6 is 0 Å². The van der Waals surface area contributed by atoms with Crippen molar-refractivity contribution in [1.29, 1.82) is 0 Å². The van der Waals surface area contributed by atoms with Gasteiger partial charge < -0.3 is 18.0 Å². The third kappa shape index (κ3) is 16.0. The van der Waals surface area contributed by atoms with Crippen molar-refractivity contribution < 1.29 is 18.0 Å². The van der Waals surface area contributed by atoms with E-state index in [1.165, 1.54) is 0 Å². The second-order valence-electron chi connectivity index (χ2n) is 8.06. The van der Waals surface area contributed by atoms with Gasteiger partial charge in [-0.05, 0) is 66.2 Å². The summed E-state index contributed by atoms with van der Waals surface area (Å²) in [6.45, 7) is 14.6. The van der Waals surface area contributed by atoms with Crippen molar-refractivity contribution >= 4 is 26.2 Å². The van der Waals surface area contributed by atoms with Crippen LogP contribution in [-0.2, 0) is 18.0 Å². The molecule has 0 unspecified atom stereocenters. The van der Waals surface area contributed by atoms with Crippen LogP contribution in [0.15, 0.2) is 15.5 Å². The van der Waals surface area contributed by atoms with Crippen LogP contribution in [0.3, 0.4) is 0 Å². The second kappa shape index (κ2) is 19.3. The minimum atomic E-state index is -3.69. The zero-order valence-corrected chi connectivity index (χ0v) is 22.2. The zero-order valence-electron chi connectivity index (χ0n) is 21.2. The van der Waals surface area contributed by atoms with Crippen LogP contribution in [-0.4, -0.2) is 32.8 Å². The van der Waals surface area contributed by atoms with E-state index in [9.17, 15) is 0 Å². The highest BCUT2D eigenvalue weighted by atomic mass is 28.4. The lowest BCUT2D eigenvalue weighted by molar-refractivity contribution is -0.0302. The van der Waals surface area contributed by atoms with Crippen LogP contribution in [0.2, 0.25) is 0 Å². The molecule has 7 nitrogen and oxygen atoms in total. The third-order valence-electron chi connectivity index (χ3n) is 4.69. The first-order chi connectivity index (χ1) is 14.9. The number of hydrogen-bond acceptors (Lipinski definition) is 7. The zero-order chi connectivity index (χ0) is 23.4. The predicted octanol–water partition coefficient (Wildman–Crippen LogP) is 7.38. The molecule has 0 saturated carbocycles. The van der Waals surface area contributed by atoms with Crippen molar-refractivity contribution in [2.75, 3.05) is 6.61 Å². The van der Waals surface area contributed by atoms with Crippen LogP contribution in [0.1, 0.15) is 126 Å². The SMILES string of the molecule is CCCCCC(C)=NO[Si](OCC)(ON=C(C)CCCCC)ON=C(C)CCCCC. The molecule has 182 valence electrons. The molecule has 0 aliphatic carbocycles. The molecular weight excluding hydrogens is 410 g/mol. The molecule has 0 amide bonds. The predicted molar refractivity (Wildman–Crippen MR) is 132 cm³/mol. The first-order valence-corrected chi connectivity index (χ1v) is 13.8. The molecule has 0 aliphatic heterocycles. The van der Waals surface area contributed by atoms with Gasteiger partial charge in [-0.3, -0.25) is 0 Å². The first kappa shape index (κ1) is 29.6. The molecule has 0 aromatic carbocycles. The Morgan fingerprint density at radius 3 is 1.13 bits per heavy atom. The molecule has 0 heterocycles. The molecule has 0 aromatic heterocycles. The highest BCUT2D eigenvalue weighted by Gasteiger charge is 2.58. The molecule has 0 N–H and O–H groups in total. The number of oxime groups is 3. The minimum absolute atomic E-state index is 0.353. The van der Waals surface area contributed by atoms with Crippen molar-refractivity contribution in [1.82, 2.24) is 0 Å². The lowest BCUT2D eigenvalue weighted by Crippen LogP contribution is -2.46. The van der Waals surface area contributed by atoms with Gasteiger partial charge in [-0.25, -0.2) is 0 Å². The highest BCUT2D eigenvalue weighted by molar-refractivity contribution is 6.53. The number of rotatable bonds is 20. The quantitative estimate of drug-likeness (QED) is 0.0827. The molecule has 0 aliphatic rings. The Morgan fingerprint density at radius 1 is 0.548 bits per heavy atom. The highest BCUT2D eigenvalue weighted by Crippen LogP contribution is 2.16. The van der Waals surface area contributed by atoms with Crippen molar-refractivity contribution in [3.63, 3.8) is 0 Å². The fraction of sp³-hybridized carbons (Fsp3) is 0.870. The maximum Gasteiger partial charge on any atom is 0.957 e. The van der Waals surface area contributed by atoms with E-state index in [-0.39, 0.29) is 0 Å². The minimum Gasteiger partial charge on any atom is -0.351 e. The smallest absolute Gasteiger partial charge is 0.351 e. The van der Waals surface area contributed by atoms with Gasteiger partial charge in [0.05, 0.1) is 17.1 Å². The Kier molecular flexibility index (Phi) is 18.4. The van der Waals surface area contributed by atoms with E-state index < -0.39 is 9.05 Å². The van der Waals surface area contributed by atoms with Crippen molar-refractivity contribution in [2.45, 2.75) is 126 Å². The Labute approximate surface area is 192 Å². The largest absolute Gasteiger partial charge is 0.957 e. The summed E-state index contributed by atoms with van der Waals surface area (Å²) < 4.78 is 23.1. The topological polar surface area (TPSA) is 74.0 Å². The summed E-state index contributed by atoms with van der Waals surface area (Å²) >= 11 is 0. The van der Waals surface area contributed by atoms with Gasteiger partial charge in [-0.15, -0.1) is 15.5 Å². The number of unbranched alkanes of at least 4 members (excludes halogenated alkanes) is 6. The van der Waals surface area contributed by atoms with E-state index >= 15 is 0 Å². The fourth-order valence-corrected chi connectivity index (χ4v) is 4.15. The molecule has 31 heavy (non-hydrogen) atoms. The Morgan fingerprint density at radius 2 is 0.871 bits per heavy atom. The Hall–Kier alpha value is -1.41. The van der Waals surface area contributed by atoms with Gasteiger partial charge >= 0.3 is 9.05 Å². The van der Waals surface area contributed by atoms with E-state index in [2.05, 4.69) is 36.2 Å². The summed E-state index contributed by atoms with van der Waals surface area (Å²) in [5.74, 6) is 0. The van der Waals surface area contributed by atoms with Gasteiger partial charge in [0.1, 0.15) is 0 Å². The Balaban J connectivity index is 5.35. The first-order valence-electron chi connectivity index (χ1n) is 12.2. The summed E-state index contributed by atoms with van der Waals surface area (Å²) in [5, 5.41) is 12.8. The maximum absolute atomic E-state index is 5.81. The van der Waals surface area contributed by atoms with Crippen molar-refractivity contribution in [2.24, 2.45) is 15.5 Å². The third-order valence-corrected chi connectivity index (χ3v) is 6.27. The molecule has 0 saturated heterocycles. The summed E-state index contributed by atoms with van der Waals surface area (Å²) in [5.41, 5.74) is 2.64. The van der Waals surface area contributed by atoms with Crippen LogP contribution < -0.4 is 0 Å². The summed E-state index contributed by atoms with van der Waals surface area (Å²) in [6, 6.07) is 0. The molecule has 0 spiro atoms. The summed E-state index contributed by atoms with van der Waals surface area (Å²) in [6.07, 6.45) is 12.8. The molecule has 0 atom stereocenters. The summed E-state index contributed by atoms with van der Waals surface area (Å²) in [4.78, 5) is 0. The van der Waals surface area contributed by atoms with Crippen LogP contribution in [0.5, 0.6) is 0 Å². The average Bonchev–Trinajstić information content (AvgIpc) is 2.75. The molecule has 0 fully saturated rings. The molecule has 8 heteroatoms. The van der Waals surface area contributed by atoms with Gasteiger partial charge in [0.25, 0.3) is 0 Å². The van der Waals surface area contributed by atoms with E-state index in [0.717, 1.165) is 94.2 Å². The monoisotopic (exact) mass is 457 g/mol. The van der Waals surface area contributed by atoms with Gasteiger partial charge in [-0.1, -0.05) is 59.3 Å². The van der Waals surface area contributed by atoms with Crippen LogP contribution in [0.4, 0.5) is 0 Å². The van der Waals surface area contributed by atoms with E-state index in [1.807, 2.05) is 27.7 Å². The molecule has 0 radical (unpaired) electrons. The molecule has 0 bridgehead atoms. The average molecular weight is 458 g/mol. The van der Waals surface area contributed by atoms with Crippen LogP contribution in [0.25, 0.3) is 0 Å². The number of nitrogens with zero attached hydrogens (tertiary/aromatic N) is 3. The van der Waals surface area contributed by atoms with Gasteiger partial charge in [-0.2, -0.15) is 0 Å². The second-order valence-corrected chi connectivity index (χ2v) is 9.89. The van der Waals surface area contributed by atoms with Gasteiger partial charge in [0, 0.05) is 6.61 Å². The van der Waals surface area contributed by atoms with E-state index in [0.29, 0.717) is 6.61 Å². The standard InChI is InChI=1S/C23H47N3O4Si/c1-8-12-15-18-21(5)24-28-31(27-11-4,29-25-22(6)19-16-13-9-2)30-26-23(7)20-17-14-10-3/h8-20H2,1-7H3. The van der Waals surface area contributed by atoms with Gasteiger partial charge in [0.15, 0.2) is 0 Å². The number of hydrogen-bond donors (Lipinski definition) is 0. The van der Waals surface area contributed by atoms with Gasteiger partial charge in [0.2, 0.25) is 0 Å². The van der Waals surface area contributed by atoms with E-state index in [1.54, 1.807) is 0 Å². The molecular formula is C23H47N3O4Si. The van der Waals surface area contributed by atoms with Crippen molar-refractivity contribution in [3.8, 4) is 0 Å². The fourth-order valence-electron chi connectivity index (χ4n) is 2.74. The lowest BCUT2D eigenvalue weighted by atomic mass is 10.1. The maximum atomic E-state index is 5.81.